The van der Waals surface area contributed by atoms with Gasteiger partial charge in [-0.05, 0) is 39.2 Å². The van der Waals surface area contributed by atoms with E-state index in [9.17, 15) is 14.4 Å². The predicted octanol–water partition coefficient (Wildman–Crippen LogP) is 3.03. The van der Waals surface area contributed by atoms with E-state index in [1.807, 2.05) is 49.9 Å². The average molecular weight is 414 g/mol. The zero-order chi connectivity index (χ0) is 21.7. The standard InChI is InChI=1S/C24H35N3O3/c1-4-26(5-2)23(30)24(13-7-6-8-14-24)25-22(29)20-15-21(28)27(17-20)16-19-11-9-18(3)10-12-19/h9-12,20H,4-8,13-17H2,1-3H3,(H,25,29). The van der Waals surface area contributed by atoms with Crippen molar-refractivity contribution in [3.05, 3.63) is 35.4 Å². The minimum absolute atomic E-state index is 0.00323. The van der Waals surface area contributed by atoms with Gasteiger partial charge in [0.1, 0.15) is 5.54 Å². The Balaban J connectivity index is 1.68. The van der Waals surface area contributed by atoms with Gasteiger partial charge in [0.2, 0.25) is 17.7 Å². The maximum atomic E-state index is 13.3. The molecule has 6 heteroatoms. The van der Waals surface area contributed by atoms with E-state index in [2.05, 4.69) is 5.32 Å². The molecule has 2 aliphatic rings. The first-order chi connectivity index (χ1) is 14.4. The second kappa shape index (κ2) is 9.63. The van der Waals surface area contributed by atoms with E-state index >= 15 is 0 Å². The van der Waals surface area contributed by atoms with Gasteiger partial charge in [0.05, 0.1) is 5.92 Å². The van der Waals surface area contributed by atoms with Gasteiger partial charge < -0.3 is 15.1 Å². The fourth-order valence-electron chi connectivity index (χ4n) is 4.71. The maximum Gasteiger partial charge on any atom is 0.248 e. The molecule has 6 nitrogen and oxygen atoms in total. The molecule has 1 aliphatic heterocycles. The molecule has 1 aromatic carbocycles. The third kappa shape index (κ3) is 4.85. The van der Waals surface area contributed by atoms with Crippen LogP contribution < -0.4 is 5.32 Å². The highest BCUT2D eigenvalue weighted by molar-refractivity contribution is 5.95. The van der Waals surface area contributed by atoms with Crippen molar-refractivity contribution in [1.29, 1.82) is 0 Å². The predicted molar refractivity (Wildman–Crippen MR) is 117 cm³/mol. The summed E-state index contributed by atoms with van der Waals surface area (Å²) in [5.74, 6) is -0.520. The van der Waals surface area contributed by atoms with Crippen LogP contribution in [0, 0.1) is 12.8 Å². The molecule has 1 saturated heterocycles. The summed E-state index contributed by atoms with van der Waals surface area (Å²) in [7, 11) is 0. The number of nitrogens with one attached hydrogen (secondary N) is 1. The second-order valence-corrected chi connectivity index (χ2v) is 8.77. The second-order valence-electron chi connectivity index (χ2n) is 8.77. The summed E-state index contributed by atoms with van der Waals surface area (Å²) < 4.78 is 0. The number of hydrogen-bond acceptors (Lipinski definition) is 3. The molecule has 0 radical (unpaired) electrons. The first-order valence-electron chi connectivity index (χ1n) is 11.3. The van der Waals surface area contributed by atoms with E-state index in [1.54, 1.807) is 4.90 Å². The summed E-state index contributed by atoms with van der Waals surface area (Å²) in [5.41, 5.74) is 1.43. The zero-order valence-electron chi connectivity index (χ0n) is 18.6. The van der Waals surface area contributed by atoms with E-state index in [0.717, 1.165) is 24.8 Å². The third-order valence-electron chi connectivity index (χ3n) is 6.61. The lowest BCUT2D eigenvalue weighted by Gasteiger charge is -2.40. The van der Waals surface area contributed by atoms with Gasteiger partial charge in [-0.1, -0.05) is 49.1 Å². The molecule has 1 heterocycles. The molecule has 30 heavy (non-hydrogen) atoms. The lowest BCUT2D eigenvalue weighted by molar-refractivity contribution is -0.144. The summed E-state index contributed by atoms with van der Waals surface area (Å²) in [6.07, 6.45) is 4.55. The van der Waals surface area contributed by atoms with Crippen molar-refractivity contribution in [2.45, 2.75) is 71.4 Å². The quantitative estimate of drug-likeness (QED) is 0.747. The third-order valence-corrected chi connectivity index (χ3v) is 6.61. The summed E-state index contributed by atoms with van der Waals surface area (Å²) in [6, 6.07) is 8.11. The molecular weight excluding hydrogens is 378 g/mol. The fraction of sp³-hybridized carbons (Fsp3) is 0.625. The van der Waals surface area contributed by atoms with Gasteiger partial charge in [0, 0.05) is 32.6 Å². The highest BCUT2D eigenvalue weighted by Crippen LogP contribution is 2.31. The van der Waals surface area contributed by atoms with Crippen LogP contribution in [0.4, 0.5) is 0 Å². The van der Waals surface area contributed by atoms with Crippen LogP contribution in [0.15, 0.2) is 24.3 Å². The van der Waals surface area contributed by atoms with Gasteiger partial charge in [0.25, 0.3) is 0 Å². The van der Waals surface area contributed by atoms with Gasteiger partial charge in [-0.25, -0.2) is 0 Å². The van der Waals surface area contributed by atoms with Crippen molar-refractivity contribution < 1.29 is 14.4 Å². The number of nitrogens with zero attached hydrogens (tertiary/aromatic N) is 2. The molecule has 1 saturated carbocycles. The Morgan fingerprint density at radius 2 is 1.73 bits per heavy atom. The average Bonchev–Trinajstić information content (AvgIpc) is 3.11. The Morgan fingerprint density at radius 3 is 2.33 bits per heavy atom. The minimum Gasteiger partial charge on any atom is -0.341 e. The Morgan fingerprint density at radius 1 is 1.10 bits per heavy atom. The molecular formula is C24H35N3O3. The number of carbonyl (C=O) groups excluding carboxylic acids is 3. The van der Waals surface area contributed by atoms with Crippen molar-refractivity contribution >= 4 is 17.7 Å². The highest BCUT2D eigenvalue weighted by Gasteiger charge is 2.45. The SMILES string of the molecule is CCN(CC)C(=O)C1(NC(=O)C2CC(=O)N(Cc3ccc(C)cc3)C2)CCCCC1. The largest absolute Gasteiger partial charge is 0.341 e. The smallest absolute Gasteiger partial charge is 0.248 e. The van der Waals surface area contributed by atoms with Crippen molar-refractivity contribution in [3.63, 3.8) is 0 Å². The Labute approximate surface area is 180 Å². The van der Waals surface area contributed by atoms with Gasteiger partial charge >= 0.3 is 0 Å². The molecule has 0 aromatic heterocycles. The Bertz CT molecular complexity index is 764. The van der Waals surface area contributed by atoms with E-state index < -0.39 is 11.5 Å². The fourth-order valence-corrected chi connectivity index (χ4v) is 4.71. The molecule has 1 N–H and O–H groups in total. The molecule has 0 bridgehead atoms. The number of benzene rings is 1. The minimum atomic E-state index is -0.811. The topological polar surface area (TPSA) is 69.7 Å². The number of carbonyl (C=O) groups is 3. The molecule has 1 aliphatic carbocycles. The van der Waals surface area contributed by atoms with Crippen molar-refractivity contribution in [2.24, 2.45) is 5.92 Å². The van der Waals surface area contributed by atoms with Crippen molar-refractivity contribution in [1.82, 2.24) is 15.1 Å². The van der Waals surface area contributed by atoms with Crippen LogP contribution in [0.2, 0.25) is 0 Å². The highest BCUT2D eigenvalue weighted by atomic mass is 16.2. The van der Waals surface area contributed by atoms with Crippen LogP contribution in [0.25, 0.3) is 0 Å². The molecule has 2 fully saturated rings. The first-order valence-corrected chi connectivity index (χ1v) is 11.3. The number of amides is 3. The lowest BCUT2D eigenvalue weighted by atomic mass is 9.80. The van der Waals surface area contributed by atoms with Gasteiger partial charge in [-0.15, -0.1) is 0 Å². The van der Waals surface area contributed by atoms with Crippen LogP contribution in [0.3, 0.4) is 0 Å². The lowest BCUT2D eigenvalue weighted by Crippen LogP contribution is -2.61. The summed E-state index contributed by atoms with van der Waals surface area (Å²) in [5, 5.41) is 3.13. The number of likely N-dealkylation sites (N-methyl/N-ethyl adjacent to an activating group) is 1. The number of hydrogen-bond donors (Lipinski definition) is 1. The van der Waals surface area contributed by atoms with E-state index in [0.29, 0.717) is 39.0 Å². The van der Waals surface area contributed by atoms with Gasteiger partial charge in [0.15, 0.2) is 0 Å². The Hall–Kier alpha value is -2.37. The van der Waals surface area contributed by atoms with Crippen LogP contribution in [-0.4, -0.2) is 52.7 Å². The first kappa shape index (κ1) is 22.3. The van der Waals surface area contributed by atoms with Gasteiger partial charge in [-0.3, -0.25) is 14.4 Å². The maximum absolute atomic E-state index is 13.3. The summed E-state index contributed by atoms with van der Waals surface area (Å²) in [6.45, 7) is 8.18. The zero-order valence-corrected chi connectivity index (χ0v) is 18.6. The molecule has 3 amide bonds. The van der Waals surface area contributed by atoms with Gasteiger partial charge in [-0.2, -0.15) is 0 Å². The summed E-state index contributed by atoms with van der Waals surface area (Å²) >= 11 is 0. The molecule has 164 valence electrons. The molecule has 1 atom stereocenters. The van der Waals surface area contributed by atoms with Crippen LogP contribution in [0.1, 0.15) is 63.5 Å². The van der Waals surface area contributed by atoms with Crippen LogP contribution in [-0.2, 0) is 20.9 Å². The van der Waals surface area contributed by atoms with Crippen LogP contribution in [0.5, 0.6) is 0 Å². The van der Waals surface area contributed by atoms with E-state index in [-0.39, 0.29) is 24.1 Å². The summed E-state index contributed by atoms with van der Waals surface area (Å²) in [4.78, 5) is 42.5. The van der Waals surface area contributed by atoms with Crippen LogP contribution >= 0.6 is 0 Å². The van der Waals surface area contributed by atoms with E-state index in [1.165, 1.54) is 5.56 Å². The molecule has 1 unspecified atom stereocenters. The number of aryl methyl sites for hydroxylation is 1. The number of rotatable bonds is 7. The Kier molecular flexibility index (Phi) is 7.16. The molecule has 1 aromatic rings. The van der Waals surface area contributed by atoms with Crippen molar-refractivity contribution in [3.8, 4) is 0 Å². The number of likely N-dealkylation sites (tertiary alicyclic amines) is 1. The van der Waals surface area contributed by atoms with Crippen molar-refractivity contribution in [2.75, 3.05) is 19.6 Å². The molecule has 0 spiro atoms. The van der Waals surface area contributed by atoms with E-state index in [4.69, 9.17) is 0 Å². The normalized spacial score (nSPS) is 20.8. The monoisotopic (exact) mass is 413 g/mol. The molecule has 3 rings (SSSR count).